The lowest BCUT2D eigenvalue weighted by Crippen LogP contribution is -2.24. The van der Waals surface area contributed by atoms with Crippen molar-refractivity contribution in [1.82, 2.24) is 5.32 Å². The van der Waals surface area contributed by atoms with E-state index >= 15 is 0 Å². The number of sulfonamides is 1. The van der Waals surface area contributed by atoms with E-state index in [1.807, 2.05) is 6.92 Å². The summed E-state index contributed by atoms with van der Waals surface area (Å²) in [5.41, 5.74) is 1.19. The Labute approximate surface area is 152 Å². The first-order valence-corrected chi connectivity index (χ1v) is 9.59. The zero-order chi connectivity index (χ0) is 19.2. The molecule has 2 rings (SSSR count). The topological polar surface area (TPSA) is 104 Å². The van der Waals surface area contributed by atoms with Crippen LogP contribution in [0.15, 0.2) is 53.4 Å². The van der Waals surface area contributed by atoms with E-state index in [9.17, 15) is 18.0 Å². The highest BCUT2D eigenvalue weighted by Gasteiger charge is 2.16. The average Bonchev–Trinajstić information content (AvgIpc) is 2.61. The van der Waals surface area contributed by atoms with Crippen LogP contribution < -0.4 is 15.4 Å². The van der Waals surface area contributed by atoms with E-state index in [1.54, 1.807) is 30.3 Å². The molecule has 0 spiro atoms. The average molecular weight is 375 g/mol. The van der Waals surface area contributed by atoms with E-state index in [2.05, 4.69) is 15.4 Å². The Morgan fingerprint density at radius 3 is 2.27 bits per heavy atom. The third kappa shape index (κ3) is 5.32. The van der Waals surface area contributed by atoms with Crippen LogP contribution in [0.2, 0.25) is 0 Å². The van der Waals surface area contributed by atoms with Crippen LogP contribution in [0.1, 0.15) is 30.6 Å². The molecular formula is C18H21N3O4S. The summed E-state index contributed by atoms with van der Waals surface area (Å²) in [5, 5.41) is 5.31. The molecular weight excluding hydrogens is 354 g/mol. The summed E-state index contributed by atoms with van der Waals surface area (Å²) in [7, 11) is -3.84. The predicted octanol–water partition coefficient (Wildman–Crippen LogP) is 2.59. The second-order valence-corrected chi connectivity index (χ2v) is 7.33. The molecule has 0 bridgehead atoms. The Kier molecular flexibility index (Phi) is 6.35. The van der Waals surface area contributed by atoms with Crippen LogP contribution in [0.5, 0.6) is 0 Å². The van der Waals surface area contributed by atoms with Gasteiger partial charge in [-0.15, -0.1) is 0 Å². The quantitative estimate of drug-likeness (QED) is 0.692. The van der Waals surface area contributed by atoms with Crippen molar-refractivity contribution in [2.45, 2.75) is 25.2 Å². The number of rotatable bonds is 7. The van der Waals surface area contributed by atoms with Crippen LogP contribution in [0.25, 0.3) is 0 Å². The van der Waals surface area contributed by atoms with Gasteiger partial charge in [-0.25, -0.2) is 8.42 Å². The molecule has 0 atom stereocenters. The van der Waals surface area contributed by atoms with E-state index in [0.29, 0.717) is 17.9 Å². The van der Waals surface area contributed by atoms with Gasteiger partial charge in [0.25, 0.3) is 15.9 Å². The maximum atomic E-state index is 12.5. The molecule has 0 aliphatic carbocycles. The van der Waals surface area contributed by atoms with Gasteiger partial charge >= 0.3 is 0 Å². The molecule has 0 saturated heterocycles. The van der Waals surface area contributed by atoms with Gasteiger partial charge in [0.2, 0.25) is 5.91 Å². The number of benzene rings is 2. The molecule has 0 unspecified atom stereocenters. The van der Waals surface area contributed by atoms with Crippen molar-refractivity contribution in [2.24, 2.45) is 0 Å². The molecule has 0 saturated carbocycles. The molecule has 2 aromatic carbocycles. The normalized spacial score (nSPS) is 10.8. The SMILES string of the molecule is CCCNC(=O)c1cccc(S(=O)(=O)Nc2ccc(NC(C)=O)cc2)c1. The molecule has 138 valence electrons. The Morgan fingerprint density at radius 2 is 1.65 bits per heavy atom. The van der Waals surface area contributed by atoms with Crippen molar-refractivity contribution in [3.8, 4) is 0 Å². The molecule has 0 aliphatic heterocycles. The molecule has 2 aromatic rings. The van der Waals surface area contributed by atoms with E-state index in [4.69, 9.17) is 0 Å². The largest absolute Gasteiger partial charge is 0.352 e. The number of hydrogen-bond donors (Lipinski definition) is 3. The highest BCUT2D eigenvalue weighted by atomic mass is 32.2. The lowest BCUT2D eigenvalue weighted by molar-refractivity contribution is -0.114. The first-order chi connectivity index (χ1) is 12.3. The Bertz CT molecular complexity index is 893. The van der Waals surface area contributed by atoms with Gasteiger partial charge < -0.3 is 10.6 Å². The van der Waals surface area contributed by atoms with Gasteiger partial charge in [0.15, 0.2) is 0 Å². The fourth-order valence-corrected chi connectivity index (χ4v) is 3.29. The second-order valence-electron chi connectivity index (χ2n) is 5.65. The molecule has 0 heterocycles. The van der Waals surface area contributed by atoms with Gasteiger partial charge in [0.1, 0.15) is 0 Å². The summed E-state index contributed by atoms with van der Waals surface area (Å²) in [6, 6.07) is 12.1. The number of hydrogen-bond acceptors (Lipinski definition) is 4. The highest BCUT2D eigenvalue weighted by molar-refractivity contribution is 7.92. The molecule has 3 N–H and O–H groups in total. The Morgan fingerprint density at radius 1 is 1.00 bits per heavy atom. The minimum absolute atomic E-state index is 0.00686. The molecule has 7 nitrogen and oxygen atoms in total. The molecule has 0 aliphatic rings. The van der Waals surface area contributed by atoms with Crippen molar-refractivity contribution < 1.29 is 18.0 Å². The smallest absolute Gasteiger partial charge is 0.261 e. The number of amides is 2. The molecule has 8 heteroatoms. The van der Waals surface area contributed by atoms with E-state index in [0.717, 1.165) is 6.42 Å². The van der Waals surface area contributed by atoms with Crippen molar-refractivity contribution in [2.75, 3.05) is 16.6 Å². The predicted molar refractivity (Wildman–Crippen MR) is 101 cm³/mol. The van der Waals surface area contributed by atoms with Crippen molar-refractivity contribution in [3.05, 3.63) is 54.1 Å². The lowest BCUT2D eigenvalue weighted by Gasteiger charge is -2.10. The maximum Gasteiger partial charge on any atom is 0.261 e. The van der Waals surface area contributed by atoms with Gasteiger partial charge in [0.05, 0.1) is 4.90 Å². The fraction of sp³-hybridized carbons (Fsp3) is 0.222. The zero-order valence-electron chi connectivity index (χ0n) is 14.6. The van der Waals surface area contributed by atoms with E-state index in [-0.39, 0.29) is 22.3 Å². The lowest BCUT2D eigenvalue weighted by atomic mass is 10.2. The minimum atomic E-state index is -3.84. The first-order valence-electron chi connectivity index (χ1n) is 8.10. The zero-order valence-corrected chi connectivity index (χ0v) is 15.4. The molecule has 2 amide bonds. The van der Waals surface area contributed by atoms with Crippen LogP contribution in [0.4, 0.5) is 11.4 Å². The third-order valence-electron chi connectivity index (χ3n) is 3.40. The van der Waals surface area contributed by atoms with Crippen LogP contribution in [0.3, 0.4) is 0 Å². The number of anilines is 2. The molecule has 26 heavy (non-hydrogen) atoms. The Hall–Kier alpha value is -2.87. The molecule has 0 fully saturated rings. The van der Waals surface area contributed by atoms with Gasteiger partial charge in [0, 0.05) is 30.4 Å². The summed E-state index contributed by atoms with van der Waals surface area (Å²) in [4.78, 5) is 23.0. The van der Waals surface area contributed by atoms with Crippen molar-refractivity contribution in [3.63, 3.8) is 0 Å². The molecule has 0 aromatic heterocycles. The number of carbonyl (C=O) groups is 2. The van der Waals surface area contributed by atoms with Crippen LogP contribution in [-0.2, 0) is 14.8 Å². The van der Waals surface area contributed by atoms with E-state index in [1.165, 1.54) is 25.1 Å². The van der Waals surface area contributed by atoms with Crippen LogP contribution in [-0.4, -0.2) is 26.8 Å². The summed E-state index contributed by atoms with van der Waals surface area (Å²) in [5.74, 6) is -0.528. The van der Waals surface area contributed by atoms with Crippen molar-refractivity contribution >= 4 is 33.2 Å². The summed E-state index contributed by atoms with van der Waals surface area (Å²) in [6.45, 7) is 3.84. The van der Waals surface area contributed by atoms with Gasteiger partial charge in [-0.1, -0.05) is 13.0 Å². The molecule has 0 radical (unpaired) electrons. The highest BCUT2D eigenvalue weighted by Crippen LogP contribution is 2.19. The second kappa shape index (κ2) is 8.48. The van der Waals surface area contributed by atoms with E-state index < -0.39 is 10.0 Å². The monoisotopic (exact) mass is 375 g/mol. The fourth-order valence-electron chi connectivity index (χ4n) is 2.18. The van der Waals surface area contributed by atoms with Crippen LogP contribution in [0, 0.1) is 0 Å². The Balaban J connectivity index is 2.17. The number of carbonyl (C=O) groups excluding carboxylic acids is 2. The standard InChI is InChI=1S/C18H21N3O4S/c1-3-11-19-18(23)14-5-4-6-17(12-14)26(24,25)21-16-9-7-15(8-10-16)20-13(2)22/h4-10,12,21H,3,11H2,1-2H3,(H,19,23)(H,20,22). The maximum absolute atomic E-state index is 12.5. The third-order valence-corrected chi connectivity index (χ3v) is 4.78. The summed E-state index contributed by atoms with van der Waals surface area (Å²) in [6.07, 6.45) is 0.791. The van der Waals surface area contributed by atoms with Crippen molar-refractivity contribution in [1.29, 1.82) is 0 Å². The van der Waals surface area contributed by atoms with Crippen LogP contribution >= 0.6 is 0 Å². The van der Waals surface area contributed by atoms with Gasteiger partial charge in [-0.3, -0.25) is 14.3 Å². The van der Waals surface area contributed by atoms with Gasteiger partial charge in [-0.05, 0) is 48.9 Å². The van der Waals surface area contributed by atoms with Gasteiger partial charge in [-0.2, -0.15) is 0 Å². The first kappa shape index (κ1) is 19.5. The minimum Gasteiger partial charge on any atom is -0.352 e. The number of nitrogens with one attached hydrogen (secondary N) is 3. The summed E-state index contributed by atoms with van der Waals surface area (Å²) >= 11 is 0. The summed E-state index contributed by atoms with van der Waals surface area (Å²) < 4.78 is 27.5.